The summed E-state index contributed by atoms with van der Waals surface area (Å²) in [6.07, 6.45) is 0.429. The Balaban J connectivity index is 0. The van der Waals surface area contributed by atoms with E-state index in [4.69, 9.17) is 19.8 Å². The molecule has 0 fully saturated rings. The maximum Gasteiger partial charge on any atom is 0.320 e. The second-order valence-electron chi connectivity index (χ2n) is 1.54. The van der Waals surface area contributed by atoms with Crippen LogP contribution < -0.4 is 5.73 Å². The van der Waals surface area contributed by atoms with Gasteiger partial charge < -0.3 is 10.8 Å². The van der Waals surface area contributed by atoms with Gasteiger partial charge >= 0.3 is 5.97 Å². The highest BCUT2D eigenvalue weighted by molar-refractivity contribution is 7.80. The molecule has 11 heavy (non-hydrogen) atoms. The number of aliphatic carboxylic acids is 1. The molecule has 5 nitrogen and oxygen atoms in total. The molecule has 0 rings (SSSR count). The number of hydrogen-bond donors (Lipinski definition) is 4. The van der Waals surface area contributed by atoms with E-state index in [-0.39, 0.29) is 11.5 Å². The van der Waals surface area contributed by atoms with Crippen LogP contribution in [0.1, 0.15) is 6.42 Å². The number of nitrogens with two attached hydrogens (primary N) is 1. The summed E-state index contributed by atoms with van der Waals surface area (Å²) in [6, 6.07) is -0.743. The van der Waals surface area contributed by atoms with Crippen LogP contribution in [0.4, 0.5) is 0 Å². The molecule has 0 amide bonds. The highest BCUT2D eigenvalue weighted by atomic mass is 32.1. The zero-order valence-corrected chi connectivity index (χ0v) is 7.40. The lowest BCUT2D eigenvalue weighted by Gasteiger charge is -2.00. The molecule has 0 aliphatic carbocycles. The topological polar surface area (TPSA) is 104 Å². The number of thiol groups is 1. The lowest BCUT2D eigenvalue weighted by molar-refractivity contribution is -0.138. The van der Waals surface area contributed by atoms with Crippen molar-refractivity contribution in [3.05, 3.63) is 0 Å². The fraction of sp³-hybridized carbons (Fsp3) is 0.750. The third-order valence-electron chi connectivity index (χ3n) is 0.757. The first kappa shape index (κ1) is 13.2. The van der Waals surface area contributed by atoms with Gasteiger partial charge in [0.1, 0.15) is 6.04 Å². The van der Waals surface area contributed by atoms with E-state index in [0.717, 1.165) is 0 Å². The Morgan fingerprint density at radius 2 is 2.18 bits per heavy atom. The van der Waals surface area contributed by atoms with E-state index < -0.39 is 12.0 Å². The number of rotatable bonds is 3. The number of carboxylic acid groups (broad SMARTS) is 1. The molecular formula is C4H10N2O3S2. The molecule has 0 saturated carbocycles. The van der Waals surface area contributed by atoms with Gasteiger partial charge in [0.2, 0.25) is 0 Å². The zero-order chi connectivity index (χ0) is 9.28. The van der Waals surface area contributed by atoms with Crippen molar-refractivity contribution in [2.75, 3.05) is 5.75 Å². The Hall–Kier alpha value is -0.400. The fourth-order valence-electron chi connectivity index (χ4n) is 0.263. The first-order valence-electron chi connectivity index (χ1n) is 2.65. The first-order valence-corrected chi connectivity index (χ1v) is 4.02. The quantitative estimate of drug-likeness (QED) is 0.466. The van der Waals surface area contributed by atoms with Crippen LogP contribution in [-0.2, 0) is 16.3 Å². The van der Waals surface area contributed by atoms with E-state index >= 15 is 0 Å². The predicted octanol–water partition coefficient (Wildman–Crippen LogP) is -0.320. The van der Waals surface area contributed by atoms with E-state index in [1.54, 1.807) is 0 Å². The van der Waals surface area contributed by atoms with Crippen molar-refractivity contribution in [1.82, 2.24) is 0 Å². The van der Waals surface area contributed by atoms with Crippen LogP contribution in [0.3, 0.4) is 0 Å². The summed E-state index contributed by atoms with van der Waals surface area (Å²) in [5, 5.41) is 8.15. The Kier molecular flexibility index (Phi) is 11.5. The molecular weight excluding hydrogens is 188 g/mol. The molecule has 0 aromatic rings. The highest BCUT2D eigenvalue weighted by Gasteiger charge is 2.08. The molecule has 66 valence electrons. The van der Waals surface area contributed by atoms with E-state index in [9.17, 15) is 4.79 Å². The highest BCUT2D eigenvalue weighted by Crippen LogP contribution is 1.88. The first-order chi connectivity index (χ1) is 5.09. The van der Waals surface area contributed by atoms with Crippen LogP contribution >= 0.6 is 12.6 Å². The van der Waals surface area contributed by atoms with Gasteiger partial charge in [-0.2, -0.15) is 16.8 Å². The summed E-state index contributed by atoms with van der Waals surface area (Å²) >= 11 is 3.56. The van der Waals surface area contributed by atoms with Gasteiger partial charge in [0.05, 0.1) is 0 Å². The minimum atomic E-state index is -0.959. The van der Waals surface area contributed by atoms with Gasteiger partial charge in [0.25, 0.3) is 0 Å². The minimum absolute atomic E-state index is 0.250. The summed E-state index contributed by atoms with van der Waals surface area (Å²) in [4.78, 5) is 9.93. The maximum atomic E-state index is 9.93. The van der Waals surface area contributed by atoms with Gasteiger partial charge in [0.15, 0.2) is 11.5 Å². The van der Waals surface area contributed by atoms with E-state index in [1.807, 2.05) is 0 Å². The lowest BCUT2D eigenvalue weighted by Crippen LogP contribution is -2.30. The molecule has 0 bridgehead atoms. The molecule has 0 saturated heterocycles. The summed E-state index contributed by atoms with van der Waals surface area (Å²) in [5.74, 6) is -0.438. The van der Waals surface area contributed by atoms with Crippen molar-refractivity contribution in [2.45, 2.75) is 12.5 Å². The second kappa shape index (κ2) is 9.60. The van der Waals surface area contributed by atoms with Crippen LogP contribution in [0.2, 0.25) is 0 Å². The van der Waals surface area contributed by atoms with Crippen LogP contribution in [0, 0.1) is 4.78 Å². The largest absolute Gasteiger partial charge is 0.480 e. The zero-order valence-electron chi connectivity index (χ0n) is 5.69. The van der Waals surface area contributed by atoms with Gasteiger partial charge in [0, 0.05) is 0 Å². The van der Waals surface area contributed by atoms with Gasteiger partial charge in [-0.1, -0.05) is 0 Å². The molecule has 0 heterocycles. The number of hydrogen-bond acceptors (Lipinski definition) is 5. The summed E-state index contributed by atoms with van der Waals surface area (Å²) in [5.41, 5.74) is 5.08. The van der Waals surface area contributed by atoms with Crippen LogP contribution in [0.15, 0.2) is 0 Å². The predicted molar refractivity (Wildman–Crippen MR) is 44.9 cm³/mol. The maximum absolute atomic E-state index is 9.93. The molecule has 4 N–H and O–H groups in total. The van der Waals surface area contributed by atoms with Gasteiger partial charge in [-0.25, -0.2) is 4.78 Å². The smallest absolute Gasteiger partial charge is 0.320 e. The Labute approximate surface area is 73.4 Å². The third kappa shape index (κ3) is 12.7. The van der Waals surface area contributed by atoms with Crippen LogP contribution in [-0.4, -0.2) is 27.1 Å². The summed E-state index contributed by atoms with van der Waals surface area (Å²) < 4.78 is 14.1. The van der Waals surface area contributed by atoms with Crippen molar-refractivity contribution in [3.63, 3.8) is 0 Å². The molecule has 0 aromatic carbocycles. The molecule has 0 spiro atoms. The molecule has 0 aliphatic heterocycles. The second-order valence-corrected chi connectivity index (χ2v) is 2.15. The third-order valence-corrected chi connectivity index (χ3v) is 1.02. The Bertz CT molecular complexity index is 146. The van der Waals surface area contributed by atoms with Gasteiger partial charge in [-0.3, -0.25) is 4.79 Å². The van der Waals surface area contributed by atoms with E-state index in [1.165, 1.54) is 0 Å². The molecule has 0 aromatic heterocycles. The van der Waals surface area contributed by atoms with Gasteiger partial charge in [-0.15, -0.1) is 0 Å². The molecule has 7 heteroatoms. The average Bonchev–Trinajstić information content (AvgIpc) is 1.90. The normalized spacial score (nSPS) is 10.7. The number of nitrogens with one attached hydrogen (secondary N) is 1. The standard InChI is InChI=1S/C4H9NO2S.HNOS/c5-3(1-2-8)4(6)7;1-3-2/h3,8H,1-2,5H2,(H,6,7);1H/t3-;/m0./s1. The monoisotopic (exact) mass is 198 g/mol. The van der Waals surface area contributed by atoms with Gasteiger partial charge in [-0.05, 0) is 12.2 Å². The SMILES string of the molecule is N=S=O.N[C@@H](CCS)C(=O)O. The molecule has 0 radical (unpaired) electrons. The van der Waals surface area contributed by atoms with Crippen LogP contribution in [0.5, 0.6) is 0 Å². The minimum Gasteiger partial charge on any atom is -0.480 e. The van der Waals surface area contributed by atoms with Crippen molar-refractivity contribution in [2.24, 2.45) is 5.73 Å². The Morgan fingerprint density at radius 3 is 2.27 bits per heavy atom. The molecule has 0 unspecified atom stereocenters. The lowest BCUT2D eigenvalue weighted by atomic mass is 10.2. The summed E-state index contributed by atoms with van der Waals surface area (Å²) in [6.45, 7) is 0. The molecule has 0 aliphatic rings. The van der Waals surface area contributed by atoms with Crippen LogP contribution in [0.25, 0.3) is 0 Å². The van der Waals surface area contributed by atoms with Crippen molar-refractivity contribution in [1.29, 1.82) is 4.78 Å². The van der Waals surface area contributed by atoms with E-state index in [2.05, 4.69) is 12.6 Å². The molecule has 1 atom stereocenters. The van der Waals surface area contributed by atoms with Crippen molar-refractivity contribution >= 4 is 30.1 Å². The fourth-order valence-corrected chi connectivity index (χ4v) is 0.541. The van der Waals surface area contributed by atoms with E-state index in [0.29, 0.717) is 12.2 Å². The summed E-state index contributed by atoms with van der Waals surface area (Å²) in [7, 11) is 0. The number of carboxylic acids is 1. The van der Waals surface area contributed by atoms with Crippen molar-refractivity contribution < 1.29 is 14.1 Å². The number of carbonyl (C=O) groups is 1. The Morgan fingerprint density at radius 1 is 1.82 bits per heavy atom. The van der Waals surface area contributed by atoms with Crippen molar-refractivity contribution in [3.8, 4) is 0 Å². The average molecular weight is 198 g/mol.